The van der Waals surface area contributed by atoms with Crippen LogP contribution in [0.4, 0.5) is 5.69 Å². The third-order valence-electron chi connectivity index (χ3n) is 3.98. The summed E-state index contributed by atoms with van der Waals surface area (Å²) < 4.78 is 5.62. The maximum absolute atomic E-state index is 12.2. The van der Waals surface area contributed by atoms with Gasteiger partial charge in [0.25, 0.3) is 0 Å². The molecule has 1 aromatic heterocycles. The monoisotopic (exact) mass is 336 g/mol. The third-order valence-corrected chi connectivity index (χ3v) is 3.98. The van der Waals surface area contributed by atoms with Crippen LogP contribution in [0.2, 0.25) is 0 Å². The van der Waals surface area contributed by atoms with Crippen molar-refractivity contribution in [2.75, 3.05) is 5.32 Å². The lowest BCUT2D eigenvalue weighted by atomic mass is 10.1. The summed E-state index contributed by atoms with van der Waals surface area (Å²) in [6.07, 6.45) is -0.840. The Morgan fingerprint density at radius 3 is 2.60 bits per heavy atom. The number of aryl methyl sites for hydroxylation is 2. The first-order chi connectivity index (χ1) is 12.0. The van der Waals surface area contributed by atoms with Crippen LogP contribution in [-0.2, 0) is 4.79 Å². The van der Waals surface area contributed by atoms with Gasteiger partial charge in [0.15, 0.2) is 0 Å². The zero-order chi connectivity index (χ0) is 17.8. The summed E-state index contributed by atoms with van der Waals surface area (Å²) in [6.45, 7) is 3.75. The van der Waals surface area contributed by atoms with E-state index in [1.54, 1.807) is 24.3 Å². The van der Waals surface area contributed by atoms with E-state index in [0.29, 0.717) is 11.6 Å². The van der Waals surface area contributed by atoms with Crippen molar-refractivity contribution in [3.05, 3.63) is 71.6 Å². The highest BCUT2D eigenvalue weighted by molar-refractivity contribution is 5.91. The number of anilines is 1. The van der Waals surface area contributed by atoms with Crippen LogP contribution in [0.25, 0.3) is 11.5 Å². The zero-order valence-corrected chi connectivity index (χ0v) is 14.2. The van der Waals surface area contributed by atoms with Crippen LogP contribution in [-0.4, -0.2) is 16.0 Å². The Labute approximate surface area is 146 Å². The fourth-order valence-electron chi connectivity index (χ4n) is 2.51. The minimum atomic E-state index is -0.832. The average Bonchev–Trinajstić information content (AvgIpc) is 2.95. The van der Waals surface area contributed by atoms with E-state index in [2.05, 4.69) is 10.3 Å². The van der Waals surface area contributed by atoms with Gasteiger partial charge in [-0.15, -0.1) is 0 Å². The van der Waals surface area contributed by atoms with Crippen LogP contribution in [0, 0.1) is 13.8 Å². The highest BCUT2D eigenvalue weighted by Crippen LogP contribution is 2.24. The first-order valence-corrected chi connectivity index (χ1v) is 8.10. The van der Waals surface area contributed by atoms with Crippen molar-refractivity contribution in [1.29, 1.82) is 0 Å². The summed E-state index contributed by atoms with van der Waals surface area (Å²) in [5, 5.41) is 13.0. The number of aromatic nitrogens is 1. The molecule has 0 saturated carbocycles. The Bertz CT molecular complexity index is 852. The van der Waals surface area contributed by atoms with Crippen molar-refractivity contribution in [3.8, 4) is 11.5 Å². The second-order valence-electron chi connectivity index (χ2n) is 5.92. The number of nitrogens with one attached hydrogen (secondary N) is 1. The van der Waals surface area contributed by atoms with Crippen LogP contribution >= 0.6 is 0 Å². The molecule has 0 aliphatic rings. The van der Waals surface area contributed by atoms with Gasteiger partial charge >= 0.3 is 0 Å². The number of amides is 1. The molecule has 5 heteroatoms. The number of hydrogen-bond acceptors (Lipinski definition) is 4. The number of aliphatic hydroxyl groups is 1. The van der Waals surface area contributed by atoms with Crippen molar-refractivity contribution in [2.24, 2.45) is 0 Å². The largest absolute Gasteiger partial charge is 0.441 e. The number of oxazole rings is 1. The van der Waals surface area contributed by atoms with Gasteiger partial charge in [-0.05, 0) is 37.6 Å². The molecule has 0 fully saturated rings. The number of nitrogens with zero attached hydrogens (tertiary/aromatic N) is 1. The lowest BCUT2D eigenvalue weighted by molar-refractivity contribution is -0.118. The zero-order valence-electron chi connectivity index (χ0n) is 14.2. The van der Waals surface area contributed by atoms with Crippen LogP contribution < -0.4 is 5.32 Å². The topological polar surface area (TPSA) is 75.4 Å². The first kappa shape index (κ1) is 16.9. The SMILES string of the molecule is Cc1nc(-c2cccc(NC(=O)CC(O)c3ccccc3)c2)oc1C. The van der Waals surface area contributed by atoms with Gasteiger partial charge in [0.2, 0.25) is 11.8 Å². The van der Waals surface area contributed by atoms with E-state index in [1.807, 2.05) is 44.2 Å². The summed E-state index contributed by atoms with van der Waals surface area (Å²) in [5.41, 5.74) is 2.99. The Balaban J connectivity index is 1.68. The minimum absolute atomic E-state index is 0.00847. The molecule has 2 N–H and O–H groups in total. The quantitative estimate of drug-likeness (QED) is 0.738. The molecule has 0 bridgehead atoms. The maximum atomic E-state index is 12.2. The van der Waals surface area contributed by atoms with E-state index in [0.717, 1.165) is 22.6 Å². The van der Waals surface area contributed by atoms with E-state index in [9.17, 15) is 9.90 Å². The fourth-order valence-corrected chi connectivity index (χ4v) is 2.51. The second kappa shape index (κ2) is 7.32. The van der Waals surface area contributed by atoms with Gasteiger partial charge < -0.3 is 14.8 Å². The molecule has 0 saturated heterocycles. The summed E-state index contributed by atoms with van der Waals surface area (Å²) in [6, 6.07) is 16.4. The summed E-state index contributed by atoms with van der Waals surface area (Å²) in [7, 11) is 0. The van der Waals surface area contributed by atoms with Gasteiger partial charge in [-0.1, -0.05) is 36.4 Å². The fraction of sp³-hybridized carbons (Fsp3) is 0.200. The molecule has 2 aromatic carbocycles. The molecule has 1 heterocycles. The van der Waals surface area contributed by atoms with Crippen molar-refractivity contribution in [2.45, 2.75) is 26.4 Å². The van der Waals surface area contributed by atoms with Crippen LogP contribution in [0.5, 0.6) is 0 Å². The lowest BCUT2D eigenvalue weighted by Crippen LogP contribution is -2.15. The standard InChI is InChI=1S/C20H20N2O3/c1-13-14(2)25-20(21-13)16-9-6-10-17(11-16)22-19(24)12-18(23)15-7-4-3-5-8-15/h3-11,18,23H,12H2,1-2H3,(H,22,24). The molecule has 1 atom stereocenters. The van der Waals surface area contributed by atoms with E-state index in [4.69, 9.17) is 4.42 Å². The second-order valence-corrected chi connectivity index (χ2v) is 5.92. The maximum Gasteiger partial charge on any atom is 0.227 e. The Kier molecular flexibility index (Phi) is 4.95. The van der Waals surface area contributed by atoms with Crippen LogP contribution in [0.15, 0.2) is 59.0 Å². The Morgan fingerprint density at radius 1 is 1.16 bits per heavy atom. The van der Waals surface area contributed by atoms with Gasteiger partial charge in [-0.2, -0.15) is 0 Å². The van der Waals surface area contributed by atoms with Crippen molar-refractivity contribution in [1.82, 2.24) is 4.98 Å². The normalized spacial score (nSPS) is 12.0. The Morgan fingerprint density at radius 2 is 1.92 bits per heavy atom. The highest BCUT2D eigenvalue weighted by Gasteiger charge is 2.14. The van der Waals surface area contributed by atoms with Gasteiger partial charge in [0, 0.05) is 11.3 Å². The van der Waals surface area contributed by atoms with Crippen LogP contribution in [0.3, 0.4) is 0 Å². The molecule has 25 heavy (non-hydrogen) atoms. The number of carbonyl (C=O) groups is 1. The summed E-state index contributed by atoms with van der Waals surface area (Å²) >= 11 is 0. The molecular weight excluding hydrogens is 316 g/mol. The number of benzene rings is 2. The molecule has 0 spiro atoms. The molecular formula is C20H20N2O3. The predicted octanol–water partition coefficient (Wildman–Crippen LogP) is 4.02. The van der Waals surface area contributed by atoms with Crippen molar-refractivity contribution < 1.29 is 14.3 Å². The predicted molar refractivity (Wildman–Crippen MR) is 96.1 cm³/mol. The molecule has 0 aliphatic heterocycles. The molecule has 0 aliphatic carbocycles. The number of carbonyl (C=O) groups excluding carboxylic acids is 1. The smallest absolute Gasteiger partial charge is 0.227 e. The minimum Gasteiger partial charge on any atom is -0.441 e. The van der Waals surface area contributed by atoms with E-state index >= 15 is 0 Å². The van der Waals surface area contributed by atoms with Crippen LogP contribution in [0.1, 0.15) is 29.5 Å². The average molecular weight is 336 g/mol. The number of hydrogen-bond donors (Lipinski definition) is 2. The van der Waals surface area contributed by atoms with Crippen molar-refractivity contribution in [3.63, 3.8) is 0 Å². The van der Waals surface area contributed by atoms with Gasteiger partial charge in [0.1, 0.15) is 5.76 Å². The van der Waals surface area contributed by atoms with E-state index in [-0.39, 0.29) is 12.3 Å². The van der Waals surface area contributed by atoms with E-state index in [1.165, 1.54) is 0 Å². The third kappa shape index (κ3) is 4.14. The molecule has 3 aromatic rings. The number of rotatable bonds is 5. The summed E-state index contributed by atoms with van der Waals surface area (Å²) in [5.74, 6) is 1.04. The lowest BCUT2D eigenvalue weighted by Gasteiger charge is -2.11. The summed E-state index contributed by atoms with van der Waals surface area (Å²) in [4.78, 5) is 16.6. The van der Waals surface area contributed by atoms with Crippen molar-refractivity contribution >= 4 is 11.6 Å². The van der Waals surface area contributed by atoms with Gasteiger partial charge in [-0.25, -0.2) is 4.98 Å². The molecule has 128 valence electrons. The Hall–Kier alpha value is -2.92. The molecule has 1 amide bonds. The molecule has 1 unspecified atom stereocenters. The molecule has 5 nitrogen and oxygen atoms in total. The van der Waals surface area contributed by atoms with Gasteiger partial charge in [-0.3, -0.25) is 4.79 Å². The first-order valence-electron chi connectivity index (χ1n) is 8.10. The molecule has 3 rings (SSSR count). The number of aliphatic hydroxyl groups excluding tert-OH is 1. The highest BCUT2D eigenvalue weighted by atomic mass is 16.4. The molecule has 0 radical (unpaired) electrons. The van der Waals surface area contributed by atoms with Gasteiger partial charge in [0.05, 0.1) is 18.2 Å². The van der Waals surface area contributed by atoms with E-state index < -0.39 is 6.10 Å².